The monoisotopic (exact) mass is 662 g/mol. The van der Waals surface area contributed by atoms with Gasteiger partial charge >= 0.3 is 5.97 Å². The van der Waals surface area contributed by atoms with E-state index in [1.165, 1.54) is 5.57 Å². The minimum atomic E-state index is -1.55. The molecule has 9 nitrogen and oxygen atoms in total. The number of carbonyl (C=O) groups is 1. The summed E-state index contributed by atoms with van der Waals surface area (Å²) in [4.78, 5) is 14.1. The lowest BCUT2D eigenvalue weighted by Crippen LogP contribution is -2.69. The molecular weight excluding hydrogens is 600 g/mol. The maximum absolute atomic E-state index is 14.1. The topological polar surface area (TPSA) is 146 Å². The second kappa shape index (κ2) is 12.3. The first kappa shape index (κ1) is 35.7. The first-order chi connectivity index (χ1) is 22.1. The van der Waals surface area contributed by atoms with Gasteiger partial charge in [0.15, 0.2) is 6.29 Å². The highest BCUT2D eigenvalue weighted by atomic mass is 16.7. The number of esters is 1. The molecule has 1 saturated heterocycles. The Morgan fingerprint density at radius 2 is 1.57 bits per heavy atom. The average Bonchev–Trinajstić information content (AvgIpc) is 3.43. The van der Waals surface area contributed by atoms with Crippen molar-refractivity contribution in [2.24, 2.45) is 56.7 Å². The Morgan fingerprint density at radius 3 is 2.21 bits per heavy atom. The summed E-state index contributed by atoms with van der Waals surface area (Å²) >= 11 is 0. The number of ether oxygens (including phenoxy) is 3. The Bertz CT molecular complexity index is 1210. The van der Waals surface area contributed by atoms with E-state index in [1.807, 2.05) is 13.8 Å². The summed E-state index contributed by atoms with van der Waals surface area (Å²) < 4.78 is 18.0. The fourth-order valence-corrected chi connectivity index (χ4v) is 13.3. The van der Waals surface area contributed by atoms with Gasteiger partial charge in [0.2, 0.25) is 0 Å². The zero-order valence-corrected chi connectivity index (χ0v) is 29.6. The van der Waals surface area contributed by atoms with Crippen molar-refractivity contribution in [2.75, 3.05) is 19.8 Å². The van der Waals surface area contributed by atoms with Gasteiger partial charge in [0.1, 0.15) is 24.4 Å². The smallest absolute Gasteiger partial charge is 0.314 e. The van der Waals surface area contributed by atoms with E-state index in [0.717, 1.165) is 57.8 Å². The Hall–Kier alpha value is -1.07. The van der Waals surface area contributed by atoms with E-state index in [4.69, 9.17) is 14.2 Å². The van der Waals surface area contributed by atoms with Gasteiger partial charge < -0.3 is 39.7 Å². The van der Waals surface area contributed by atoms with Crippen LogP contribution in [0.4, 0.5) is 0 Å². The number of aliphatic hydroxyl groups excluding tert-OH is 5. The van der Waals surface area contributed by atoms with Gasteiger partial charge in [0.05, 0.1) is 24.7 Å². The van der Waals surface area contributed by atoms with Crippen LogP contribution in [0, 0.1) is 56.7 Å². The van der Waals surface area contributed by atoms with Gasteiger partial charge in [-0.1, -0.05) is 32.9 Å². The Kier molecular flexibility index (Phi) is 9.36. The molecule has 0 radical (unpaired) electrons. The van der Waals surface area contributed by atoms with Crippen LogP contribution in [-0.2, 0) is 19.0 Å². The minimum Gasteiger partial charge on any atom is -0.465 e. The van der Waals surface area contributed by atoms with E-state index in [9.17, 15) is 30.3 Å². The normalized spacial score (nSPS) is 54.1. The van der Waals surface area contributed by atoms with Crippen molar-refractivity contribution in [3.8, 4) is 0 Å². The third-order valence-corrected chi connectivity index (χ3v) is 16.0. The highest BCUT2D eigenvalue weighted by Crippen LogP contribution is 2.77. The van der Waals surface area contributed by atoms with Gasteiger partial charge in [-0.2, -0.15) is 0 Å². The number of carbonyl (C=O) groups excluding carboxylic acids is 1. The fraction of sp³-hybridized carbons (Fsp3) is 0.921. The van der Waals surface area contributed by atoms with Crippen molar-refractivity contribution in [1.29, 1.82) is 0 Å². The van der Waals surface area contributed by atoms with Crippen molar-refractivity contribution in [3.05, 3.63) is 12.2 Å². The van der Waals surface area contributed by atoms with Crippen LogP contribution in [0.3, 0.4) is 0 Å². The van der Waals surface area contributed by atoms with Gasteiger partial charge in [-0.3, -0.25) is 4.79 Å². The van der Waals surface area contributed by atoms with Gasteiger partial charge in [-0.05, 0) is 136 Å². The largest absolute Gasteiger partial charge is 0.465 e. The standard InChI is InChI=1S/C38H62O9/c1-8-45-33(44)37(7)26-12-15-36(6)25(10-9-23-28-22(21(2)3)11-16-38(28,20-40)18-17-35(23,36)5)34(26,4)14-13-27(37)47-32-31(43)30(42)29(41)24(19-39)46-32/h22-32,39-43H,2,8-20H2,1,3-7H3/t22-,23+,24+,25+,26+,27?,28+,29+,30-,31+,32-,34+,35+,36+,37?,38+/m0/s1. The molecule has 6 aliphatic rings. The SMILES string of the molecule is C=C(C)[C@@H]1CC[C@]2(CO)CC[C@]3(C)[C@H](CC[C@@H]4[C@@]5(C)CCC(O[C@@H]6O[C@H](CO)[C@@H](O)[C@H](O)[C@H]6O)C(C)(C(=O)OCC)[C@@H]5CC[C@]43C)[C@@H]12. The highest BCUT2D eigenvalue weighted by Gasteiger charge is 2.72. The highest BCUT2D eigenvalue weighted by molar-refractivity contribution is 5.78. The van der Waals surface area contributed by atoms with Crippen LogP contribution < -0.4 is 0 Å². The summed E-state index contributed by atoms with van der Waals surface area (Å²) in [6.07, 6.45) is 2.22. The van der Waals surface area contributed by atoms with Crippen molar-refractivity contribution in [3.63, 3.8) is 0 Å². The second-order valence-electron chi connectivity index (χ2n) is 17.6. The molecule has 47 heavy (non-hydrogen) atoms. The first-order valence-electron chi connectivity index (χ1n) is 18.5. The van der Waals surface area contributed by atoms with E-state index in [2.05, 4.69) is 34.3 Å². The van der Waals surface area contributed by atoms with Crippen molar-refractivity contribution < 1.29 is 44.5 Å². The average molecular weight is 663 g/mol. The number of hydrogen-bond acceptors (Lipinski definition) is 9. The lowest BCUT2D eigenvalue weighted by Gasteiger charge is -2.73. The zero-order valence-electron chi connectivity index (χ0n) is 29.6. The number of allylic oxidation sites excluding steroid dienone is 1. The molecular formula is C38H62O9. The van der Waals surface area contributed by atoms with Gasteiger partial charge in [-0.15, -0.1) is 0 Å². The summed E-state index contributed by atoms with van der Waals surface area (Å²) in [5.41, 5.74) is 0.240. The molecule has 0 spiro atoms. The third-order valence-electron chi connectivity index (χ3n) is 16.0. The molecule has 0 amide bonds. The molecule has 6 rings (SSSR count). The van der Waals surface area contributed by atoms with Gasteiger partial charge in [0, 0.05) is 6.61 Å². The predicted octanol–water partition coefficient (Wildman–Crippen LogP) is 4.36. The zero-order chi connectivity index (χ0) is 34.3. The fourth-order valence-electron chi connectivity index (χ4n) is 13.3. The number of hydrogen-bond donors (Lipinski definition) is 5. The first-order valence-corrected chi connectivity index (χ1v) is 18.5. The second-order valence-corrected chi connectivity index (χ2v) is 17.6. The summed E-state index contributed by atoms with van der Waals surface area (Å²) in [5.74, 6) is 1.49. The van der Waals surface area contributed by atoms with Crippen molar-refractivity contribution in [1.82, 2.24) is 0 Å². The molecule has 1 heterocycles. The van der Waals surface area contributed by atoms with Crippen LogP contribution >= 0.6 is 0 Å². The summed E-state index contributed by atoms with van der Waals surface area (Å²) in [7, 11) is 0. The van der Waals surface area contributed by atoms with Crippen LogP contribution in [0.25, 0.3) is 0 Å². The molecule has 268 valence electrons. The van der Waals surface area contributed by atoms with Crippen LogP contribution in [0.5, 0.6) is 0 Å². The predicted molar refractivity (Wildman–Crippen MR) is 176 cm³/mol. The molecule has 5 saturated carbocycles. The molecule has 6 fully saturated rings. The molecule has 0 aromatic heterocycles. The molecule has 0 aromatic carbocycles. The Morgan fingerprint density at radius 1 is 0.851 bits per heavy atom. The molecule has 1 aliphatic heterocycles. The van der Waals surface area contributed by atoms with Crippen molar-refractivity contribution >= 4 is 5.97 Å². The van der Waals surface area contributed by atoms with Crippen LogP contribution in [0.15, 0.2) is 12.2 Å². The molecule has 9 heteroatoms. The lowest BCUT2D eigenvalue weighted by molar-refractivity contribution is -0.331. The lowest BCUT2D eigenvalue weighted by atomic mass is 9.32. The number of aliphatic hydroxyl groups is 5. The molecule has 5 aliphatic carbocycles. The molecule has 0 aromatic rings. The maximum atomic E-state index is 14.1. The van der Waals surface area contributed by atoms with E-state index in [1.54, 1.807) is 0 Å². The van der Waals surface area contributed by atoms with E-state index < -0.39 is 48.8 Å². The van der Waals surface area contributed by atoms with Gasteiger partial charge in [0.25, 0.3) is 0 Å². The van der Waals surface area contributed by atoms with E-state index in [0.29, 0.717) is 30.1 Å². The van der Waals surface area contributed by atoms with Crippen molar-refractivity contribution in [2.45, 2.75) is 143 Å². The third kappa shape index (κ3) is 4.91. The van der Waals surface area contributed by atoms with Crippen LogP contribution in [-0.4, -0.2) is 88.1 Å². The summed E-state index contributed by atoms with van der Waals surface area (Å²) in [6.45, 7) is 17.9. The molecule has 16 atom stereocenters. The van der Waals surface area contributed by atoms with E-state index in [-0.39, 0.29) is 46.8 Å². The quantitative estimate of drug-likeness (QED) is 0.153. The Balaban J connectivity index is 1.33. The minimum absolute atomic E-state index is 0.000383. The summed E-state index contributed by atoms with van der Waals surface area (Å²) in [5, 5.41) is 52.3. The van der Waals surface area contributed by atoms with Crippen LogP contribution in [0.2, 0.25) is 0 Å². The number of fused-ring (bicyclic) bond motifs is 7. The number of rotatable bonds is 7. The van der Waals surface area contributed by atoms with Gasteiger partial charge in [-0.25, -0.2) is 0 Å². The maximum Gasteiger partial charge on any atom is 0.314 e. The molecule has 2 unspecified atom stereocenters. The molecule has 5 N–H and O–H groups in total. The summed E-state index contributed by atoms with van der Waals surface area (Å²) in [6, 6.07) is 0. The molecule has 0 bridgehead atoms. The van der Waals surface area contributed by atoms with Crippen LogP contribution in [0.1, 0.15) is 106 Å². The Labute approximate surface area is 281 Å². The van der Waals surface area contributed by atoms with E-state index >= 15 is 0 Å².